The fourth-order valence-corrected chi connectivity index (χ4v) is 3.31. The highest BCUT2D eigenvalue weighted by molar-refractivity contribution is 5.83. The van der Waals surface area contributed by atoms with Crippen molar-refractivity contribution in [1.82, 2.24) is 0 Å². The summed E-state index contributed by atoms with van der Waals surface area (Å²) in [4.78, 5) is 12.2. The lowest BCUT2D eigenvalue weighted by atomic mass is 9.70. The van der Waals surface area contributed by atoms with E-state index in [0.29, 0.717) is 18.4 Å². The molecule has 0 aliphatic rings. The van der Waals surface area contributed by atoms with E-state index < -0.39 is 11.4 Å². The zero-order valence-corrected chi connectivity index (χ0v) is 16.6. The van der Waals surface area contributed by atoms with Crippen LogP contribution in [0.1, 0.15) is 91.3 Å². The van der Waals surface area contributed by atoms with Gasteiger partial charge in [0.2, 0.25) is 0 Å². The second kappa shape index (κ2) is 6.78. The molecule has 0 bridgehead atoms. The van der Waals surface area contributed by atoms with Gasteiger partial charge in [0.1, 0.15) is 5.75 Å². The molecule has 3 heteroatoms. The Labute approximate surface area is 147 Å². The highest BCUT2D eigenvalue weighted by Gasteiger charge is 2.42. The highest BCUT2D eigenvalue weighted by atomic mass is 16.4. The van der Waals surface area contributed by atoms with Crippen molar-refractivity contribution in [1.29, 1.82) is 0 Å². The lowest BCUT2D eigenvalue weighted by molar-refractivity contribution is -0.144. The van der Waals surface area contributed by atoms with Gasteiger partial charge in [0, 0.05) is 5.56 Å². The Morgan fingerprint density at radius 1 is 0.958 bits per heavy atom. The quantitative estimate of drug-likeness (QED) is 0.745. The van der Waals surface area contributed by atoms with Crippen LogP contribution >= 0.6 is 0 Å². The van der Waals surface area contributed by atoms with Gasteiger partial charge < -0.3 is 10.2 Å². The van der Waals surface area contributed by atoms with E-state index >= 15 is 0 Å². The summed E-state index contributed by atoms with van der Waals surface area (Å²) in [6.07, 6.45) is 1.73. The maximum absolute atomic E-state index is 12.2. The van der Waals surface area contributed by atoms with Gasteiger partial charge in [0.15, 0.2) is 0 Å². The monoisotopic (exact) mass is 334 g/mol. The zero-order valence-electron chi connectivity index (χ0n) is 16.6. The summed E-state index contributed by atoms with van der Waals surface area (Å²) in [5.74, 6) is -0.707. The maximum Gasteiger partial charge on any atom is 0.314 e. The molecule has 0 amide bonds. The van der Waals surface area contributed by atoms with Gasteiger partial charge in [0.25, 0.3) is 0 Å². The van der Waals surface area contributed by atoms with Crippen LogP contribution in [0.4, 0.5) is 0 Å². The minimum absolute atomic E-state index is 0.118. The highest BCUT2D eigenvalue weighted by Crippen LogP contribution is 2.45. The van der Waals surface area contributed by atoms with Crippen LogP contribution in [0.25, 0.3) is 0 Å². The topological polar surface area (TPSA) is 57.5 Å². The van der Waals surface area contributed by atoms with Crippen LogP contribution in [0.2, 0.25) is 0 Å². The predicted octanol–water partition coefficient (Wildman–Crippen LogP) is 5.52. The van der Waals surface area contributed by atoms with Gasteiger partial charge in [-0.3, -0.25) is 4.79 Å². The van der Waals surface area contributed by atoms with Gasteiger partial charge in [-0.1, -0.05) is 73.9 Å². The third-order valence-corrected chi connectivity index (χ3v) is 4.99. The van der Waals surface area contributed by atoms with Gasteiger partial charge in [-0.05, 0) is 34.8 Å². The first-order valence-corrected chi connectivity index (χ1v) is 8.93. The molecule has 0 spiro atoms. The predicted molar refractivity (Wildman–Crippen MR) is 100 cm³/mol. The van der Waals surface area contributed by atoms with Crippen LogP contribution in [0, 0.1) is 0 Å². The van der Waals surface area contributed by atoms with Gasteiger partial charge in [-0.2, -0.15) is 0 Å². The number of phenols is 1. The first kappa shape index (κ1) is 20.5. The van der Waals surface area contributed by atoms with E-state index in [9.17, 15) is 15.0 Å². The Bertz CT molecular complexity index is 603. The number of aliphatic carboxylic acids is 1. The lowest BCUT2D eigenvalue weighted by Crippen LogP contribution is -2.36. The molecule has 0 aromatic heterocycles. The minimum atomic E-state index is -1.04. The van der Waals surface area contributed by atoms with Crippen LogP contribution in [-0.2, 0) is 21.0 Å². The molecule has 136 valence electrons. The van der Waals surface area contributed by atoms with E-state index in [0.717, 1.165) is 17.5 Å². The number of carbonyl (C=O) groups is 1. The summed E-state index contributed by atoms with van der Waals surface area (Å²) in [5, 5.41) is 21.0. The Balaban J connectivity index is 3.88. The third kappa shape index (κ3) is 3.76. The van der Waals surface area contributed by atoms with Crippen molar-refractivity contribution in [3.63, 3.8) is 0 Å². The molecule has 0 aliphatic carbocycles. The standard InChI is InChI=1S/C21H34O3/c1-9-11-21(10-2,18(23)24)16-13-14(19(3,4)5)12-15(17(16)22)20(6,7)8/h12-13,22H,9-11H2,1-8H3,(H,23,24). The Kier molecular flexibility index (Phi) is 5.80. The number of benzene rings is 1. The second-order valence-corrected chi connectivity index (χ2v) is 8.91. The summed E-state index contributed by atoms with van der Waals surface area (Å²) < 4.78 is 0. The average molecular weight is 335 g/mol. The lowest BCUT2D eigenvalue weighted by Gasteiger charge is -2.34. The van der Waals surface area contributed by atoms with E-state index in [4.69, 9.17) is 0 Å². The molecule has 2 N–H and O–H groups in total. The van der Waals surface area contributed by atoms with E-state index in [1.54, 1.807) is 0 Å². The van der Waals surface area contributed by atoms with Gasteiger partial charge in [0.05, 0.1) is 5.41 Å². The number of carboxylic acid groups (broad SMARTS) is 1. The fourth-order valence-electron chi connectivity index (χ4n) is 3.31. The summed E-state index contributed by atoms with van der Waals surface area (Å²) in [6, 6.07) is 3.95. The fraction of sp³-hybridized carbons (Fsp3) is 0.667. The van der Waals surface area contributed by atoms with E-state index in [-0.39, 0.29) is 16.6 Å². The smallest absolute Gasteiger partial charge is 0.314 e. The molecule has 1 atom stereocenters. The van der Waals surface area contributed by atoms with Crippen molar-refractivity contribution >= 4 is 5.97 Å². The molecule has 1 aromatic rings. The van der Waals surface area contributed by atoms with Gasteiger partial charge in [-0.25, -0.2) is 0 Å². The molecular weight excluding hydrogens is 300 g/mol. The first-order chi connectivity index (χ1) is 10.8. The molecule has 1 aromatic carbocycles. The number of hydrogen-bond donors (Lipinski definition) is 2. The summed E-state index contributed by atoms with van der Waals surface area (Å²) >= 11 is 0. The van der Waals surface area contributed by atoms with Gasteiger partial charge >= 0.3 is 5.97 Å². The molecule has 24 heavy (non-hydrogen) atoms. The van der Waals surface area contributed by atoms with Crippen LogP contribution in [0.3, 0.4) is 0 Å². The Morgan fingerprint density at radius 2 is 1.46 bits per heavy atom. The third-order valence-electron chi connectivity index (χ3n) is 4.99. The summed E-state index contributed by atoms with van der Waals surface area (Å²) in [7, 11) is 0. The van der Waals surface area contributed by atoms with Crippen molar-refractivity contribution in [3.05, 3.63) is 28.8 Å². The normalized spacial score (nSPS) is 15.2. The van der Waals surface area contributed by atoms with E-state index in [1.807, 2.05) is 46.8 Å². The zero-order chi connectivity index (χ0) is 18.9. The maximum atomic E-state index is 12.2. The van der Waals surface area contributed by atoms with Crippen molar-refractivity contribution in [2.24, 2.45) is 0 Å². The van der Waals surface area contributed by atoms with Crippen molar-refractivity contribution in [2.45, 2.75) is 90.9 Å². The molecule has 0 aliphatic heterocycles. The molecule has 0 radical (unpaired) electrons. The first-order valence-electron chi connectivity index (χ1n) is 8.93. The van der Waals surface area contributed by atoms with Crippen LogP contribution in [0.5, 0.6) is 5.75 Å². The number of phenolic OH excluding ortho intramolecular Hbond substituents is 1. The summed E-state index contributed by atoms with van der Waals surface area (Å²) in [6.45, 7) is 16.4. The number of aromatic hydroxyl groups is 1. The SMILES string of the molecule is CCCC(CC)(C(=O)O)c1cc(C(C)(C)C)cc(C(C)(C)C)c1O. The van der Waals surface area contributed by atoms with Gasteiger partial charge in [-0.15, -0.1) is 0 Å². The minimum Gasteiger partial charge on any atom is -0.507 e. The molecule has 1 unspecified atom stereocenters. The molecule has 3 nitrogen and oxygen atoms in total. The Hall–Kier alpha value is -1.51. The van der Waals surface area contributed by atoms with Crippen LogP contribution in [-0.4, -0.2) is 16.2 Å². The van der Waals surface area contributed by atoms with E-state index in [1.165, 1.54) is 0 Å². The van der Waals surface area contributed by atoms with Crippen molar-refractivity contribution < 1.29 is 15.0 Å². The van der Waals surface area contributed by atoms with Crippen LogP contribution in [0.15, 0.2) is 12.1 Å². The average Bonchev–Trinajstić information content (AvgIpc) is 2.42. The molecule has 1 rings (SSSR count). The largest absolute Gasteiger partial charge is 0.507 e. The molecule has 0 saturated carbocycles. The Morgan fingerprint density at radius 3 is 1.79 bits per heavy atom. The number of hydrogen-bond acceptors (Lipinski definition) is 2. The van der Waals surface area contributed by atoms with Crippen molar-refractivity contribution in [2.75, 3.05) is 0 Å². The van der Waals surface area contributed by atoms with Crippen LogP contribution < -0.4 is 0 Å². The molecule has 0 heterocycles. The number of carboxylic acids is 1. The van der Waals surface area contributed by atoms with E-state index in [2.05, 4.69) is 20.8 Å². The molecule has 0 saturated heterocycles. The molecule has 0 fully saturated rings. The van der Waals surface area contributed by atoms with Crippen molar-refractivity contribution in [3.8, 4) is 5.75 Å². The number of rotatable bonds is 5. The second-order valence-electron chi connectivity index (χ2n) is 8.91. The molecular formula is C21H34O3. The summed E-state index contributed by atoms with van der Waals surface area (Å²) in [5.41, 5.74) is 1.03.